The molecule has 2 nitrogen and oxygen atoms in total. The topological polar surface area (TPSA) is 15.3 Å². The average Bonchev–Trinajstić information content (AvgIpc) is 3.11. The van der Waals surface area contributed by atoms with Gasteiger partial charge in [-0.1, -0.05) is 20.3 Å². The van der Waals surface area contributed by atoms with Gasteiger partial charge in [-0.3, -0.25) is 4.90 Å². The van der Waals surface area contributed by atoms with Crippen LogP contribution in [0.2, 0.25) is 0 Å². The van der Waals surface area contributed by atoms with Gasteiger partial charge in [0.2, 0.25) is 0 Å². The monoisotopic (exact) mass is 256 g/mol. The van der Waals surface area contributed by atoms with E-state index in [9.17, 15) is 0 Å². The third kappa shape index (κ3) is 3.18. The lowest BCUT2D eigenvalue weighted by atomic mass is 9.95. The molecule has 3 heteroatoms. The van der Waals surface area contributed by atoms with Gasteiger partial charge in [0.1, 0.15) is 0 Å². The second-order valence-corrected chi connectivity index (χ2v) is 7.34. The van der Waals surface area contributed by atoms with E-state index in [0.29, 0.717) is 16.8 Å². The Balaban J connectivity index is 1.90. The van der Waals surface area contributed by atoms with Crippen molar-refractivity contribution in [2.24, 2.45) is 5.92 Å². The molecule has 1 heterocycles. The van der Waals surface area contributed by atoms with Crippen LogP contribution in [0.3, 0.4) is 0 Å². The molecule has 1 aliphatic carbocycles. The minimum absolute atomic E-state index is 0.617. The van der Waals surface area contributed by atoms with E-state index >= 15 is 0 Å². The van der Waals surface area contributed by atoms with Gasteiger partial charge in [0, 0.05) is 36.5 Å². The first kappa shape index (κ1) is 13.7. The number of nitrogens with zero attached hydrogens (tertiary/aromatic N) is 1. The van der Waals surface area contributed by atoms with E-state index < -0.39 is 0 Å². The van der Waals surface area contributed by atoms with Gasteiger partial charge in [0.25, 0.3) is 0 Å². The molecule has 0 aromatic rings. The van der Waals surface area contributed by atoms with Gasteiger partial charge in [-0.25, -0.2) is 0 Å². The summed E-state index contributed by atoms with van der Waals surface area (Å²) in [5.41, 5.74) is 0. The minimum atomic E-state index is 0.617. The predicted molar refractivity (Wildman–Crippen MR) is 77.8 cm³/mol. The summed E-state index contributed by atoms with van der Waals surface area (Å²) in [7, 11) is 0. The van der Waals surface area contributed by atoms with E-state index in [-0.39, 0.29) is 0 Å². The lowest BCUT2D eigenvalue weighted by Gasteiger charge is -2.42. The molecule has 3 unspecified atom stereocenters. The van der Waals surface area contributed by atoms with Crippen molar-refractivity contribution in [2.75, 3.05) is 25.9 Å². The fourth-order valence-electron chi connectivity index (χ4n) is 2.77. The maximum atomic E-state index is 3.73. The number of rotatable bonds is 5. The fourth-order valence-corrected chi connectivity index (χ4v) is 3.58. The molecule has 0 amide bonds. The summed E-state index contributed by atoms with van der Waals surface area (Å²) in [4.78, 5) is 2.73. The SMILES string of the molecule is CCC(C)C1CN(CC2(SC)CC2)C(C)CN1. The second-order valence-electron chi connectivity index (χ2n) is 6.07. The summed E-state index contributed by atoms with van der Waals surface area (Å²) in [6.45, 7) is 10.8. The Morgan fingerprint density at radius 3 is 2.71 bits per heavy atom. The van der Waals surface area contributed by atoms with E-state index in [1.807, 2.05) is 0 Å². The summed E-state index contributed by atoms with van der Waals surface area (Å²) in [6, 6.07) is 1.41. The standard InChI is InChI=1S/C14H28N2S/c1-5-11(2)13-9-16(12(3)8-15-13)10-14(17-4)6-7-14/h11-13,15H,5-10H2,1-4H3. The molecule has 1 saturated carbocycles. The van der Waals surface area contributed by atoms with Crippen LogP contribution in [0.1, 0.15) is 40.0 Å². The smallest absolute Gasteiger partial charge is 0.0285 e. The van der Waals surface area contributed by atoms with Crippen LogP contribution in [-0.4, -0.2) is 47.6 Å². The zero-order chi connectivity index (χ0) is 12.5. The molecule has 1 saturated heterocycles. The van der Waals surface area contributed by atoms with Crippen LogP contribution in [0, 0.1) is 5.92 Å². The van der Waals surface area contributed by atoms with Gasteiger partial charge in [-0.15, -0.1) is 0 Å². The normalized spacial score (nSPS) is 34.6. The van der Waals surface area contributed by atoms with E-state index in [1.54, 1.807) is 0 Å². The van der Waals surface area contributed by atoms with Gasteiger partial charge in [-0.05, 0) is 31.9 Å². The van der Waals surface area contributed by atoms with Crippen LogP contribution in [-0.2, 0) is 0 Å². The molecule has 0 radical (unpaired) electrons. The lowest BCUT2D eigenvalue weighted by Crippen LogP contribution is -2.58. The molecule has 1 N–H and O–H groups in total. The Morgan fingerprint density at radius 1 is 1.47 bits per heavy atom. The third-order valence-corrected chi connectivity index (χ3v) is 6.20. The Kier molecular flexibility index (Phi) is 4.43. The Morgan fingerprint density at radius 2 is 2.18 bits per heavy atom. The molecule has 2 fully saturated rings. The highest BCUT2D eigenvalue weighted by atomic mass is 32.2. The molecular weight excluding hydrogens is 228 g/mol. The largest absolute Gasteiger partial charge is 0.311 e. The zero-order valence-electron chi connectivity index (χ0n) is 11.8. The molecule has 0 aromatic carbocycles. The molecular formula is C14H28N2S. The van der Waals surface area contributed by atoms with Crippen molar-refractivity contribution in [3.63, 3.8) is 0 Å². The quantitative estimate of drug-likeness (QED) is 0.814. The van der Waals surface area contributed by atoms with E-state index in [1.165, 1.54) is 38.9 Å². The number of nitrogens with one attached hydrogen (secondary N) is 1. The average molecular weight is 256 g/mol. The molecule has 0 bridgehead atoms. The molecule has 2 aliphatic rings. The van der Waals surface area contributed by atoms with Gasteiger partial charge in [0.05, 0.1) is 0 Å². The Bertz CT molecular complexity index is 253. The lowest BCUT2D eigenvalue weighted by molar-refractivity contribution is 0.117. The van der Waals surface area contributed by atoms with Crippen molar-refractivity contribution in [1.82, 2.24) is 10.2 Å². The van der Waals surface area contributed by atoms with E-state index in [2.05, 4.69) is 49.0 Å². The summed E-state index contributed by atoms with van der Waals surface area (Å²) in [6.07, 6.45) is 6.43. The van der Waals surface area contributed by atoms with Gasteiger partial charge >= 0.3 is 0 Å². The highest BCUT2D eigenvalue weighted by molar-refractivity contribution is 8.00. The van der Waals surface area contributed by atoms with Crippen molar-refractivity contribution < 1.29 is 0 Å². The zero-order valence-corrected chi connectivity index (χ0v) is 12.6. The first-order valence-electron chi connectivity index (χ1n) is 7.13. The molecule has 0 spiro atoms. The van der Waals surface area contributed by atoms with E-state index in [0.717, 1.165) is 5.92 Å². The predicted octanol–water partition coefficient (Wildman–Crippen LogP) is 2.59. The molecule has 2 rings (SSSR count). The number of hydrogen-bond donors (Lipinski definition) is 1. The van der Waals surface area contributed by atoms with E-state index in [4.69, 9.17) is 0 Å². The third-order valence-electron chi connectivity index (χ3n) is 4.79. The number of thioether (sulfide) groups is 1. The van der Waals surface area contributed by atoms with Crippen molar-refractivity contribution >= 4 is 11.8 Å². The molecule has 1 aliphatic heterocycles. The second kappa shape index (κ2) is 5.50. The highest BCUT2D eigenvalue weighted by Crippen LogP contribution is 2.48. The molecule has 17 heavy (non-hydrogen) atoms. The summed E-state index contributed by atoms with van der Waals surface area (Å²) >= 11 is 2.09. The highest BCUT2D eigenvalue weighted by Gasteiger charge is 2.44. The number of piperazine rings is 1. The number of hydrogen-bond acceptors (Lipinski definition) is 3. The van der Waals surface area contributed by atoms with Gasteiger partial charge in [0.15, 0.2) is 0 Å². The van der Waals surface area contributed by atoms with Crippen LogP contribution in [0.4, 0.5) is 0 Å². The van der Waals surface area contributed by atoms with Crippen molar-refractivity contribution in [2.45, 2.75) is 56.9 Å². The summed E-state index contributed by atoms with van der Waals surface area (Å²) < 4.78 is 0.617. The fraction of sp³-hybridized carbons (Fsp3) is 1.00. The first-order chi connectivity index (χ1) is 8.10. The summed E-state index contributed by atoms with van der Waals surface area (Å²) in [5.74, 6) is 0.800. The Hall–Kier alpha value is 0.270. The van der Waals surface area contributed by atoms with Crippen LogP contribution in [0.15, 0.2) is 0 Å². The molecule has 100 valence electrons. The Labute approximate surface area is 111 Å². The van der Waals surface area contributed by atoms with Crippen LogP contribution >= 0.6 is 11.8 Å². The van der Waals surface area contributed by atoms with Crippen LogP contribution in [0.25, 0.3) is 0 Å². The van der Waals surface area contributed by atoms with Crippen molar-refractivity contribution in [3.05, 3.63) is 0 Å². The van der Waals surface area contributed by atoms with Crippen LogP contribution in [0.5, 0.6) is 0 Å². The van der Waals surface area contributed by atoms with Crippen molar-refractivity contribution in [3.8, 4) is 0 Å². The maximum Gasteiger partial charge on any atom is 0.0285 e. The van der Waals surface area contributed by atoms with Crippen molar-refractivity contribution in [1.29, 1.82) is 0 Å². The molecule has 0 aromatic heterocycles. The maximum absolute atomic E-state index is 3.73. The van der Waals surface area contributed by atoms with Crippen LogP contribution < -0.4 is 5.32 Å². The minimum Gasteiger partial charge on any atom is -0.311 e. The van der Waals surface area contributed by atoms with Gasteiger partial charge < -0.3 is 5.32 Å². The van der Waals surface area contributed by atoms with Gasteiger partial charge in [-0.2, -0.15) is 11.8 Å². The molecule has 3 atom stereocenters. The summed E-state index contributed by atoms with van der Waals surface area (Å²) in [5, 5.41) is 3.73. The first-order valence-corrected chi connectivity index (χ1v) is 8.35.